The summed E-state index contributed by atoms with van der Waals surface area (Å²) in [7, 11) is 0. The van der Waals surface area contributed by atoms with Crippen LogP contribution in [0.4, 0.5) is 0 Å². The Balaban J connectivity index is 2.59. The smallest absolute Gasteiger partial charge is 0.242 e. The minimum absolute atomic E-state index is 0.164. The highest BCUT2D eigenvalue weighted by atomic mass is 35.5. The summed E-state index contributed by atoms with van der Waals surface area (Å²) >= 11 is 6.04. The summed E-state index contributed by atoms with van der Waals surface area (Å²) in [5, 5.41) is 1.86. The number of halogens is 1. The van der Waals surface area contributed by atoms with Gasteiger partial charge in [-0.1, -0.05) is 30.3 Å². The Bertz CT molecular complexity index is 432. The van der Waals surface area contributed by atoms with Gasteiger partial charge < -0.3 is 11.1 Å². The van der Waals surface area contributed by atoms with Gasteiger partial charge in [-0.2, -0.15) is 0 Å². The van der Waals surface area contributed by atoms with Gasteiger partial charge in [-0.05, 0) is 19.4 Å². The summed E-state index contributed by atoms with van der Waals surface area (Å²) in [5.74, 6) is -0.800. The number of carbonyl (C=O) groups is 2. The number of nitrogens with two attached hydrogens (primary N) is 1. The molecule has 1 rings (SSSR count). The van der Waals surface area contributed by atoms with E-state index in [0.717, 1.165) is 0 Å². The highest BCUT2D eigenvalue weighted by Gasteiger charge is 2.27. The summed E-state index contributed by atoms with van der Waals surface area (Å²) in [5.41, 5.74) is 5.15. The molecule has 1 unspecified atom stereocenters. The van der Waals surface area contributed by atoms with Gasteiger partial charge >= 0.3 is 0 Å². The topological polar surface area (TPSA) is 72.2 Å². The van der Waals surface area contributed by atoms with Gasteiger partial charge in [0.05, 0.1) is 5.41 Å². The van der Waals surface area contributed by atoms with Crippen molar-refractivity contribution >= 4 is 23.4 Å². The lowest BCUT2D eigenvalue weighted by Crippen LogP contribution is -2.43. The summed E-state index contributed by atoms with van der Waals surface area (Å²) in [6.45, 7) is 3.50. The Kier molecular flexibility index (Phi) is 4.73. The molecule has 0 aliphatic heterocycles. The zero-order valence-corrected chi connectivity index (χ0v) is 11.2. The second kappa shape index (κ2) is 5.87. The van der Waals surface area contributed by atoms with Crippen molar-refractivity contribution in [2.75, 3.05) is 6.54 Å². The van der Waals surface area contributed by atoms with Crippen LogP contribution in [0, 0.1) is 5.41 Å². The van der Waals surface area contributed by atoms with E-state index in [2.05, 4.69) is 5.32 Å². The Labute approximate surface area is 112 Å². The molecular formula is C13H17ClN2O2. The van der Waals surface area contributed by atoms with E-state index in [1.165, 1.54) is 0 Å². The first kappa shape index (κ1) is 14.5. The Hall–Kier alpha value is -1.55. The average molecular weight is 269 g/mol. The largest absolute Gasteiger partial charge is 0.369 e. The molecule has 1 aromatic carbocycles. The quantitative estimate of drug-likeness (QED) is 0.796. The van der Waals surface area contributed by atoms with E-state index in [0.29, 0.717) is 5.56 Å². The maximum atomic E-state index is 11.8. The van der Waals surface area contributed by atoms with Crippen molar-refractivity contribution < 1.29 is 9.59 Å². The van der Waals surface area contributed by atoms with Crippen LogP contribution in [0.25, 0.3) is 0 Å². The number of rotatable bonds is 5. The molecule has 18 heavy (non-hydrogen) atoms. The van der Waals surface area contributed by atoms with E-state index in [4.69, 9.17) is 17.3 Å². The summed E-state index contributed by atoms with van der Waals surface area (Å²) < 4.78 is 0. The zero-order chi connectivity index (χ0) is 13.8. The molecule has 2 amide bonds. The predicted octanol–water partition coefficient (Wildman–Crippen LogP) is 1.59. The van der Waals surface area contributed by atoms with Gasteiger partial charge in [0.25, 0.3) is 0 Å². The minimum Gasteiger partial charge on any atom is -0.369 e. The first-order chi connectivity index (χ1) is 8.34. The standard InChI is InChI=1S/C13H17ClN2O2/c1-13(2,12(15)18)8-16-11(17)10(14)9-6-4-3-5-7-9/h3-7,10H,8H2,1-2H3,(H2,15,18)(H,16,17). The average Bonchev–Trinajstić information content (AvgIpc) is 2.36. The first-order valence-electron chi connectivity index (χ1n) is 5.61. The van der Waals surface area contributed by atoms with Crippen LogP contribution in [0.5, 0.6) is 0 Å². The molecule has 0 radical (unpaired) electrons. The van der Waals surface area contributed by atoms with Crippen LogP contribution < -0.4 is 11.1 Å². The van der Waals surface area contributed by atoms with Crippen LogP contribution in [-0.4, -0.2) is 18.4 Å². The van der Waals surface area contributed by atoms with Crippen molar-refractivity contribution in [1.82, 2.24) is 5.32 Å². The molecule has 0 saturated heterocycles. The van der Waals surface area contributed by atoms with E-state index >= 15 is 0 Å². The zero-order valence-electron chi connectivity index (χ0n) is 10.4. The maximum Gasteiger partial charge on any atom is 0.242 e. The minimum atomic E-state index is -0.789. The Morgan fingerprint density at radius 3 is 2.39 bits per heavy atom. The van der Waals surface area contributed by atoms with Crippen molar-refractivity contribution in [3.8, 4) is 0 Å². The predicted molar refractivity (Wildman–Crippen MR) is 71.0 cm³/mol. The van der Waals surface area contributed by atoms with Gasteiger partial charge in [-0.3, -0.25) is 9.59 Å². The normalized spacial score (nSPS) is 12.8. The molecule has 0 bridgehead atoms. The molecule has 0 aliphatic rings. The fourth-order valence-electron chi connectivity index (χ4n) is 1.26. The van der Waals surface area contributed by atoms with Gasteiger partial charge in [0.2, 0.25) is 11.8 Å². The molecule has 0 saturated carbocycles. The van der Waals surface area contributed by atoms with Crippen molar-refractivity contribution in [2.24, 2.45) is 11.1 Å². The molecule has 4 nitrogen and oxygen atoms in total. The molecule has 0 aliphatic carbocycles. The lowest BCUT2D eigenvalue weighted by molar-refractivity contribution is -0.127. The van der Waals surface area contributed by atoms with Crippen molar-refractivity contribution in [2.45, 2.75) is 19.2 Å². The molecule has 0 fully saturated rings. The van der Waals surface area contributed by atoms with Crippen molar-refractivity contribution in [1.29, 1.82) is 0 Å². The van der Waals surface area contributed by atoms with Gasteiger partial charge in [-0.25, -0.2) is 0 Å². The van der Waals surface area contributed by atoms with Gasteiger partial charge in [0.15, 0.2) is 0 Å². The third-order valence-electron chi connectivity index (χ3n) is 2.69. The highest BCUT2D eigenvalue weighted by Crippen LogP contribution is 2.20. The van der Waals surface area contributed by atoms with E-state index in [-0.39, 0.29) is 12.5 Å². The van der Waals surface area contributed by atoms with Crippen LogP contribution in [0.15, 0.2) is 30.3 Å². The maximum absolute atomic E-state index is 11.8. The van der Waals surface area contributed by atoms with Gasteiger partial charge in [0, 0.05) is 6.54 Å². The number of nitrogens with one attached hydrogen (secondary N) is 1. The summed E-state index contributed by atoms with van der Waals surface area (Å²) in [6.07, 6.45) is 0. The monoisotopic (exact) mass is 268 g/mol. The van der Waals surface area contributed by atoms with E-state index in [9.17, 15) is 9.59 Å². The van der Waals surface area contributed by atoms with Crippen LogP contribution in [0.2, 0.25) is 0 Å². The second-order valence-electron chi connectivity index (χ2n) is 4.74. The molecule has 1 atom stereocenters. The third kappa shape index (κ3) is 3.74. The Morgan fingerprint density at radius 2 is 1.89 bits per heavy atom. The lowest BCUT2D eigenvalue weighted by atomic mass is 9.92. The molecule has 0 spiro atoms. The number of hydrogen-bond donors (Lipinski definition) is 2. The molecular weight excluding hydrogens is 252 g/mol. The number of amides is 2. The van der Waals surface area contributed by atoms with E-state index in [1.54, 1.807) is 26.0 Å². The molecule has 1 aromatic rings. The van der Waals surface area contributed by atoms with Gasteiger partial charge in [0.1, 0.15) is 5.38 Å². The van der Waals surface area contributed by atoms with Crippen LogP contribution in [-0.2, 0) is 9.59 Å². The number of benzene rings is 1. The fourth-order valence-corrected chi connectivity index (χ4v) is 1.48. The number of hydrogen-bond acceptors (Lipinski definition) is 2. The molecule has 3 N–H and O–H groups in total. The number of alkyl halides is 1. The fraction of sp³-hybridized carbons (Fsp3) is 0.385. The molecule has 0 aromatic heterocycles. The molecule has 5 heteroatoms. The second-order valence-corrected chi connectivity index (χ2v) is 5.18. The first-order valence-corrected chi connectivity index (χ1v) is 6.05. The third-order valence-corrected chi connectivity index (χ3v) is 3.14. The molecule has 98 valence electrons. The van der Waals surface area contributed by atoms with Crippen LogP contribution in [0.1, 0.15) is 24.8 Å². The van der Waals surface area contributed by atoms with Crippen LogP contribution >= 0.6 is 11.6 Å². The SMILES string of the molecule is CC(C)(CNC(=O)C(Cl)c1ccccc1)C(N)=O. The van der Waals surface area contributed by atoms with Gasteiger partial charge in [-0.15, -0.1) is 11.6 Å². The lowest BCUT2D eigenvalue weighted by Gasteiger charge is -2.21. The molecule has 0 heterocycles. The van der Waals surface area contributed by atoms with Crippen LogP contribution in [0.3, 0.4) is 0 Å². The number of primary amides is 1. The Morgan fingerprint density at radius 1 is 1.33 bits per heavy atom. The van der Waals surface area contributed by atoms with E-state index < -0.39 is 16.7 Å². The summed E-state index contributed by atoms with van der Waals surface area (Å²) in [4.78, 5) is 22.9. The van der Waals surface area contributed by atoms with Crippen molar-refractivity contribution in [3.63, 3.8) is 0 Å². The van der Waals surface area contributed by atoms with E-state index in [1.807, 2.05) is 18.2 Å². The number of carbonyl (C=O) groups excluding carboxylic acids is 2. The van der Waals surface area contributed by atoms with Crippen molar-refractivity contribution in [3.05, 3.63) is 35.9 Å². The summed E-state index contributed by atoms with van der Waals surface area (Å²) in [6, 6.07) is 9.02. The highest BCUT2D eigenvalue weighted by molar-refractivity contribution is 6.30.